The molecule has 0 bridgehead atoms. The predicted molar refractivity (Wildman–Crippen MR) is 78.1 cm³/mol. The van der Waals surface area contributed by atoms with Crippen molar-refractivity contribution in [3.8, 4) is 0 Å². The van der Waals surface area contributed by atoms with Gasteiger partial charge in [0.2, 0.25) is 0 Å². The quantitative estimate of drug-likeness (QED) is 0.713. The van der Waals surface area contributed by atoms with Gasteiger partial charge in [-0.15, -0.1) is 0 Å². The summed E-state index contributed by atoms with van der Waals surface area (Å²) in [5.74, 6) is -0.377. The van der Waals surface area contributed by atoms with Crippen LogP contribution >= 0.6 is 0 Å². The fourth-order valence-corrected chi connectivity index (χ4v) is 1.86. The van der Waals surface area contributed by atoms with E-state index in [1.165, 1.54) is 7.11 Å². The van der Waals surface area contributed by atoms with E-state index >= 15 is 0 Å². The van der Waals surface area contributed by atoms with Crippen molar-refractivity contribution in [2.24, 2.45) is 0 Å². The van der Waals surface area contributed by atoms with Crippen LogP contribution < -0.4 is 5.32 Å². The Bertz CT molecular complexity index is 465. The Morgan fingerprint density at radius 2 is 2.05 bits per heavy atom. The lowest BCUT2D eigenvalue weighted by atomic mass is 9.84. The third-order valence-electron chi connectivity index (χ3n) is 2.99. The maximum Gasteiger partial charge on any atom is 0.337 e. The molecule has 0 saturated heterocycles. The molecule has 0 fully saturated rings. The molecule has 1 unspecified atom stereocenters. The first-order valence-electron chi connectivity index (χ1n) is 6.55. The van der Waals surface area contributed by atoms with Crippen molar-refractivity contribution in [2.45, 2.75) is 32.3 Å². The van der Waals surface area contributed by atoms with E-state index in [-0.39, 0.29) is 24.5 Å². The van der Waals surface area contributed by atoms with Crippen molar-refractivity contribution in [3.05, 3.63) is 29.3 Å². The van der Waals surface area contributed by atoms with E-state index in [2.05, 4.69) is 5.32 Å². The smallest absolute Gasteiger partial charge is 0.337 e. The molecule has 1 rings (SSSR count). The number of hydrogen-bond donors (Lipinski definition) is 3. The number of anilines is 1. The van der Waals surface area contributed by atoms with Gasteiger partial charge in [-0.25, -0.2) is 4.79 Å². The minimum absolute atomic E-state index is 0.170. The second-order valence-electron chi connectivity index (χ2n) is 5.72. The lowest BCUT2D eigenvalue weighted by Crippen LogP contribution is -2.25. The van der Waals surface area contributed by atoms with Gasteiger partial charge in [-0.1, -0.05) is 20.8 Å². The minimum Gasteiger partial charge on any atom is -0.465 e. The number of carbonyl (C=O) groups excluding carboxylic acids is 1. The van der Waals surface area contributed by atoms with Crippen LogP contribution in [0.25, 0.3) is 0 Å². The normalized spacial score (nSPS) is 12.9. The summed E-state index contributed by atoms with van der Waals surface area (Å²) >= 11 is 0. The number of rotatable bonds is 5. The molecule has 0 aliphatic carbocycles. The van der Waals surface area contributed by atoms with Gasteiger partial charge in [-0.05, 0) is 29.2 Å². The molecule has 0 amide bonds. The van der Waals surface area contributed by atoms with Crippen molar-refractivity contribution < 1.29 is 19.7 Å². The summed E-state index contributed by atoms with van der Waals surface area (Å²) in [7, 11) is 1.35. The first kappa shape index (κ1) is 16.5. The zero-order valence-corrected chi connectivity index (χ0v) is 12.4. The topological polar surface area (TPSA) is 78.8 Å². The van der Waals surface area contributed by atoms with Gasteiger partial charge >= 0.3 is 5.97 Å². The molecule has 3 N–H and O–H groups in total. The molecule has 0 saturated carbocycles. The Morgan fingerprint density at radius 3 is 2.55 bits per heavy atom. The van der Waals surface area contributed by atoms with Crippen LogP contribution in [0.1, 0.15) is 36.7 Å². The fraction of sp³-hybridized carbons (Fsp3) is 0.533. The number of aliphatic hydroxyl groups excluding tert-OH is 2. The third kappa shape index (κ3) is 4.21. The molecule has 0 spiro atoms. The van der Waals surface area contributed by atoms with Crippen LogP contribution in [-0.2, 0) is 10.2 Å². The second kappa shape index (κ2) is 6.72. The van der Waals surface area contributed by atoms with Crippen LogP contribution in [0.5, 0.6) is 0 Å². The van der Waals surface area contributed by atoms with Gasteiger partial charge in [0.1, 0.15) is 0 Å². The number of methoxy groups -OCH3 is 1. The summed E-state index contributed by atoms with van der Waals surface area (Å²) in [5, 5.41) is 21.3. The van der Waals surface area contributed by atoms with Gasteiger partial charge in [-0.3, -0.25) is 0 Å². The second-order valence-corrected chi connectivity index (χ2v) is 5.72. The molecule has 5 nitrogen and oxygen atoms in total. The number of carbonyl (C=O) groups is 1. The van der Waals surface area contributed by atoms with E-state index in [4.69, 9.17) is 9.84 Å². The highest BCUT2D eigenvalue weighted by Crippen LogP contribution is 2.30. The highest BCUT2D eigenvalue weighted by atomic mass is 16.5. The number of aliphatic hydroxyl groups is 2. The molecule has 1 aromatic carbocycles. The Hall–Kier alpha value is -1.59. The highest BCUT2D eigenvalue weighted by molar-refractivity contribution is 5.90. The van der Waals surface area contributed by atoms with Crippen molar-refractivity contribution in [2.75, 3.05) is 25.6 Å². The third-order valence-corrected chi connectivity index (χ3v) is 2.99. The Labute approximate surface area is 119 Å². The largest absolute Gasteiger partial charge is 0.465 e. The summed E-state index contributed by atoms with van der Waals surface area (Å²) < 4.78 is 4.73. The van der Waals surface area contributed by atoms with E-state index in [1.54, 1.807) is 18.2 Å². The van der Waals surface area contributed by atoms with Crippen LogP contribution in [0.3, 0.4) is 0 Å². The average Bonchev–Trinajstić information content (AvgIpc) is 2.42. The highest BCUT2D eigenvalue weighted by Gasteiger charge is 2.20. The standard InChI is InChI=1S/C15H23NO4/c1-15(2,3)12-7-10(14(19)20-4)5-6-13(12)16-8-11(18)9-17/h5-7,11,16-18H,8-9H2,1-4H3. The van der Waals surface area contributed by atoms with Gasteiger partial charge in [0.15, 0.2) is 0 Å². The van der Waals surface area contributed by atoms with Crippen LogP contribution in [0.15, 0.2) is 18.2 Å². The minimum atomic E-state index is -0.817. The SMILES string of the molecule is COC(=O)c1ccc(NCC(O)CO)c(C(C)(C)C)c1. The van der Waals surface area contributed by atoms with Crippen molar-refractivity contribution in [1.29, 1.82) is 0 Å². The number of benzene rings is 1. The molecule has 1 aromatic rings. The van der Waals surface area contributed by atoms with Gasteiger partial charge in [0.05, 0.1) is 25.4 Å². The van der Waals surface area contributed by atoms with Crippen molar-refractivity contribution >= 4 is 11.7 Å². The van der Waals surface area contributed by atoms with Crippen LogP contribution in [-0.4, -0.2) is 42.5 Å². The number of nitrogens with one attached hydrogen (secondary N) is 1. The van der Waals surface area contributed by atoms with Gasteiger partial charge in [0, 0.05) is 12.2 Å². The molecular weight excluding hydrogens is 258 g/mol. The van der Waals surface area contributed by atoms with E-state index in [0.29, 0.717) is 5.56 Å². The Kier molecular flexibility index (Phi) is 5.53. The fourth-order valence-electron chi connectivity index (χ4n) is 1.86. The van der Waals surface area contributed by atoms with Crippen molar-refractivity contribution in [3.63, 3.8) is 0 Å². The van der Waals surface area contributed by atoms with Crippen LogP contribution in [0.2, 0.25) is 0 Å². The summed E-state index contributed by atoms with van der Waals surface area (Å²) in [6, 6.07) is 5.26. The van der Waals surface area contributed by atoms with E-state index < -0.39 is 6.10 Å². The van der Waals surface area contributed by atoms with E-state index in [0.717, 1.165) is 11.3 Å². The molecule has 112 valence electrons. The summed E-state index contributed by atoms with van der Waals surface area (Å²) in [5.41, 5.74) is 2.10. The van der Waals surface area contributed by atoms with Gasteiger partial charge in [-0.2, -0.15) is 0 Å². The average molecular weight is 281 g/mol. The predicted octanol–water partition coefficient (Wildman–Crippen LogP) is 1.54. The molecule has 5 heteroatoms. The first-order chi connectivity index (χ1) is 9.29. The molecule has 0 aliphatic heterocycles. The summed E-state index contributed by atoms with van der Waals surface area (Å²) in [6.45, 7) is 6.07. The molecule has 20 heavy (non-hydrogen) atoms. The number of ether oxygens (including phenoxy) is 1. The lowest BCUT2D eigenvalue weighted by Gasteiger charge is -2.24. The Balaban J connectivity index is 3.08. The zero-order valence-electron chi connectivity index (χ0n) is 12.4. The van der Waals surface area contributed by atoms with Crippen LogP contribution in [0, 0.1) is 0 Å². The lowest BCUT2D eigenvalue weighted by molar-refractivity contribution is 0.0600. The van der Waals surface area contributed by atoms with Gasteiger partial charge in [0.25, 0.3) is 0 Å². The molecule has 0 radical (unpaired) electrons. The number of esters is 1. The molecule has 0 aromatic heterocycles. The van der Waals surface area contributed by atoms with Gasteiger partial charge < -0.3 is 20.3 Å². The summed E-state index contributed by atoms with van der Waals surface area (Å²) in [6.07, 6.45) is -0.817. The zero-order chi connectivity index (χ0) is 15.3. The molecule has 1 atom stereocenters. The van der Waals surface area contributed by atoms with E-state index in [9.17, 15) is 9.90 Å². The maximum absolute atomic E-state index is 11.6. The van der Waals surface area contributed by atoms with E-state index in [1.807, 2.05) is 20.8 Å². The molecule has 0 heterocycles. The first-order valence-corrected chi connectivity index (χ1v) is 6.55. The van der Waals surface area contributed by atoms with Crippen molar-refractivity contribution in [1.82, 2.24) is 0 Å². The summed E-state index contributed by atoms with van der Waals surface area (Å²) in [4.78, 5) is 11.6. The molecule has 0 aliphatic rings. The Morgan fingerprint density at radius 1 is 1.40 bits per heavy atom. The maximum atomic E-state index is 11.6. The monoisotopic (exact) mass is 281 g/mol. The molecular formula is C15H23NO4. The van der Waals surface area contributed by atoms with Crippen LogP contribution in [0.4, 0.5) is 5.69 Å². The number of hydrogen-bond acceptors (Lipinski definition) is 5.